The number of esters is 2. The Morgan fingerprint density at radius 3 is 1.12 bits per heavy atom. The van der Waals surface area contributed by atoms with Crippen LogP contribution in [0.3, 0.4) is 0 Å². The largest absolute Gasteiger partial charge is 0.477 e. The van der Waals surface area contributed by atoms with Gasteiger partial charge in [0.15, 0.2) is 6.10 Å². The highest BCUT2D eigenvalue weighted by Gasteiger charge is 2.25. The van der Waals surface area contributed by atoms with Crippen LogP contribution in [-0.2, 0) is 33.3 Å². The summed E-state index contributed by atoms with van der Waals surface area (Å²) in [7, 11) is 5.97. The molecule has 408 valence electrons. The summed E-state index contributed by atoms with van der Waals surface area (Å²) in [4.78, 5) is 37.2. The summed E-state index contributed by atoms with van der Waals surface area (Å²) in [5.41, 5.74) is 0. The Kier molecular flexibility index (Phi) is 50.9. The average molecular weight is 980 g/mol. The Morgan fingerprint density at radius 1 is 0.420 bits per heavy atom. The maximum absolute atomic E-state index is 12.8. The van der Waals surface area contributed by atoms with Gasteiger partial charge in [0.25, 0.3) is 6.29 Å². The van der Waals surface area contributed by atoms with E-state index in [1.54, 1.807) is 0 Å². The number of rotatable bonds is 56. The molecule has 0 spiro atoms. The van der Waals surface area contributed by atoms with Crippen LogP contribution >= 0.6 is 0 Å². The minimum absolute atomic E-state index is 0.179. The number of allylic oxidation sites excluding steroid dienone is 2. The molecule has 9 heteroatoms. The molecule has 0 radical (unpaired) electrons. The zero-order chi connectivity index (χ0) is 50.6. The second-order valence-electron chi connectivity index (χ2n) is 21.7. The van der Waals surface area contributed by atoms with Gasteiger partial charge in [-0.1, -0.05) is 264 Å². The molecule has 0 aliphatic carbocycles. The number of carbonyl (C=O) groups excluding carboxylic acids is 2. The van der Waals surface area contributed by atoms with Crippen LogP contribution < -0.4 is 0 Å². The van der Waals surface area contributed by atoms with Crippen molar-refractivity contribution in [1.29, 1.82) is 0 Å². The van der Waals surface area contributed by atoms with Crippen molar-refractivity contribution in [3.8, 4) is 0 Å². The summed E-state index contributed by atoms with van der Waals surface area (Å²) in [5, 5.41) is 9.66. The van der Waals surface area contributed by atoms with Gasteiger partial charge in [0.05, 0.1) is 34.4 Å². The number of nitrogens with zero attached hydrogens (tertiary/aromatic N) is 1. The van der Waals surface area contributed by atoms with Gasteiger partial charge < -0.3 is 28.5 Å². The van der Waals surface area contributed by atoms with E-state index in [9.17, 15) is 19.5 Å². The maximum atomic E-state index is 12.8. The van der Waals surface area contributed by atoms with Gasteiger partial charge in [-0.3, -0.25) is 9.59 Å². The van der Waals surface area contributed by atoms with Crippen LogP contribution in [0.5, 0.6) is 0 Å². The number of hydrogen-bond acceptors (Lipinski definition) is 7. The van der Waals surface area contributed by atoms with E-state index in [0.717, 1.165) is 57.8 Å². The topological polar surface area (TPSA) is 108 Å². The van der Waals surface area contributed by atoms with Crippen molar-refractivity contribution in [2.75, 3.05) is 47.5 Å². The van der Waals surface area contributed by atoms with Gasteiger partial charge in [-0.2, -0.15) is 0 Å². The molecular weight excluding hydrogens is 863 g/mol. The summed E-state index contributed by atoms with van der Waals surface area (Å²) in [6.07, 6.45) is 57.6. The zero-order valence-electron chi connectivity index (χ0n) is 46.5. The molecule has 2 unspecified atom stereocenters. The zero-order valence-corrected chi connectivity index (χ0v) is 46.5. The van der Waals surface area contributed by atoms with Crippen molar-refractivity contribution in [3.05, 3.63) is 12.2 Å². The van der Waals surface area contributed by atoms with E-state index in [1.807, 2.05) is 21.1 Å². The number of carboxylic acid groups (broad SMARTS) is 1. The predicted molar refractivity (Wildman–Crippen MR) is 291 cm³/mol. The molecule has 0 heterocycles. The first kappa shape index (κ1) is 67.0. The highest BCUT2D eigenvalue weighted by atomic mass is 16.7. The van der Waals surface area contributed by atoms with Crippen molar-refractivity contribution in [3.63, 3.8) is 0 Å². The molecule has 0 amide bonds. The molecule has 0 aromatic rings. The van der Waals surface area contributed by atoms with Crippen LogP contribution in [0.25, 0.3) is 0 Å². The number of likely N-dealkylation sites (N-methyl/N-ethyl adjacent to an activating group) is 1. The molecule has 0 bridgehead atoms. The van der Waals surface area contributed by atoms with Crippen molar-refractivity contribution in [2.24, 2.45) is 0 Å². The van der Waals surface area contributed by atoms with Gasteiger partial charge in [-0.25, -0.2) is 4.79 Å². The number of quaternary nitrogens is 1. The summed E-state index contributed by atoms with van der Waals surface area (Å²) >= 11 is 0. The van der Waals surface area contributed by atoms with E-state index >= 15 is 0 Å². The molecule has 0 rings (SSSR count). The Morgan fingerprint density at radius 2 is 0.754 bits per heavy atom. The van der Waals surface area contributed by atoms with Crippen LogP contribution in [0.4, 0.5) is 0 Å². The lowest BCUT2D eigenvalue weighted by molar-refractivity contribution is -0.870. The lowest BCUT2D eigenvalue weighted by atomic mass is 10.0. The van der Waals surface area contributed by atoms with Gasteiger partial charge in [0.1, 0.15) is 13.2 Å². The fraction of sp³-hybridized carbons (Fsp3) is 0.917. The van der Waals surface area contributed by atoms with Gasteiger partial charge >= 0.3 is 17.9 Å². The summed E-state index contributed by atoms with van der Waals surface area (Å²) in [6.45, 7) is 4.87. The van der Waals surface area contributed by atoms with E-state index in [4.69, 9.17) is 18.9 Å². The molecular formula is C60H116NO8+. The molecule has 0 fully saturated rings. The third-order valence-corrected chi connectivity index (χ3v) is 13.5. The lowest BCUT2D eigenvalue weighted by Crippen LogP contribution is -2.40. The van der Waals surface area contributed by atoms with Crippen LogP contribution in [0.15, 0.2) is 12.2 Å². The fourth-order valence-corrected chi connectivity index (χ4v) is 8.88. The fourth-order valence-electron chi connectivity index (χ4n) is 8.88. The van der Waals surface area contributed by atoms with E-state index in [1.165, 1.54) is 205 Å². The van der Waals surface area contributed by atoms with Crippen LogP contribution in [0.1, 0.15) is 296 Å². The Labute approximate surface area is 427 Å². The first-order valence-electron chi connectivity index (χ1n) is 29.9. The number of carbonyl (C=O) groups is 3. The molecule has 0 saturated carbocycles. The second kappa shape index (κ2) is 52.4. The van der Waals surface area contributed by atoms with Gasteiger partial charge in [0.2, 0.25) is 0 Å². The molecule has 0 aliphatic rings. The van der Waals surface area contributed by atoms with E-state index in [2.05, 4.69) is 26.0 Å². The predicted octanol–water partition coefficient (Wildman–Crippen LogP) is 17.4. The first-order chi connectivity index (χ1) is 33.6. The second-order valence-corrected chi connectivity index (χ2v) is 21.7. The third-order valence-electron chi connectivity index (χ3n) is 13.5. The average Bonchev–Trinajstić information content (AvgIpc) is 3.31. The minimum Gasteiger partial charge on any atom is -0.477 e. The Hall–Kier alpha value is -1.97. The van der Waals surface area contributed by atoms with Crippen LogP contribution in [-0.4, -0.2) is 87.4 Å². The molecule has 0 aromatic heterocycles. The monoisotopic (exact) mass is 979 g/mol. The molecule has 1 N–H and O–H groups in total. The molecule has 69 heavy (non-hydrogen) atoms. The van der Waals surface area contributed by atoms with E-state index < -0.39 is 24.3 Å². The third kappa shape index (κ3) is 53.7. The highest BCUT2D eigenvalue weighted by Crippen LogP contribution is 2.18. The van der Waals surface area contributed by atoms with Crippen molar-refractivity contribution in [2.45, 2.75) is 309 Å². The maximum Gasteiger partial charge on any atom is 0.361 e. The number of ether oxygens (including phenoxy) is 4. The number of carboxylic acids is 1. The summed E-state index contributed by atoms with van der Waals surface area (Å²) in [5.74, 6) is -2.00. The summed E-state index contributed by atoms with van der Waals surface area (Å²) < 4.78 is 22.8. The normalized spacial score (nSPS) is 12.8. The van der Waals surface area contributed by atoms with E-state index in [0.29, 0.717) is 23.9 Å². The number of unbranched alkanes of at least 4 members (excludes halogenated alkanes) is 39. The highest BCUT2D eigenvalue weighted by molar-refractivity contribution is 5.71. The van der Waals surface area contributed by atoms with Crippen molar-refractivity contribution >= 4 is 17.9 Å². The number of aliphatic carboxylic acids is 1. The Balaban J connectivity index is 3.94. The van der Waals surface area contributed by atoms with Gasteiger partial charge in [-0.15, -0.1) is 0 Å². The Bertz CT molecular complexity index is 1140. The molecule has 0 aromatic carbocycles. The summed E-state index contributed by atoms with van der Waals surface area (Å²) in [6, 6.07) is 0. The van der Waals surface area contributed by atoms with Crippen LogP contribution in [0, 0.1) is 0 Å². The van der Waals surface area contributed by atoms with Crippen molar-refractivity contribution < 1.29 is 42.9 Å². The number of hydrogen-bond donors (Lipinski definition) is 1. The quantitative estimate of drug-likeness (QED) is 0.0211. The lowest BCUT2D eigenvalue weighted by Gasteiger charge is -2.25. The van der Waals surface area contributed by atoms with E-state index in [-0.39, 0.29) is 32.2 Å². The molecule has 2 atom stereocenters. The molecule has 9 nitrogen and oxygen atoms in total. The van der Waals surface area contributed by atoms with Gasteiger partial charge in [-0.05, 0) is 32.1 Å². The minimum atomic E-state index is -1.51. The van der Waals surface area contributed by atoms with Gasteiger partial charge in [0, 0.05) is 12.8 Å². The smallest absolute Gasteiger partial charge is 0.361 e. The standard InChI is InChI=1S/C60H115NO8/c1-6-8-10-12-14-16-18-19-20-21-22-23-24-25-26-27-28-29-30-31-32-33-34-35-36-37-38-39-41-42-44-46-48-50-57(62)67-54-56(55-68-60(59(64)65)66-53-52-61(3,4)5)69-58(63)51-49-47-45-43-40-17-15-13-11-9-7-2/h13,15,56,60H,6-12,14,16-55H2,1-5H3/p+1/b15-13-. The first-order valence-corrected chi connectivity index (χ1v) is 29.9. The SMILES string of the molecule is CCCC/C=C\CCCCCCCC(=O)OC(COC(=O)CCCCCCCCCCCCCCCCCCCCCCCCCCCCCCCCCCC)COC(OCC[N+](C)(C)C)C(=O)O. The van der Waals surface area contributed by atoms with Crippen molar-refractivity contribution in [1.82, 2.24) is 0 Å². The molecule has 0 aliphatic heterocycles. The molecule has 0 saturated heterocycles. The van der Waals surface area contributed by atoms with Crippen LogP contribution in [0.2, 0.25) is 0 Å².